The molecule has 6 nitrogen and oxygen atoms in total. The third-order valence-corrected chi connectivity index (χ3v) is 5.30. The molecule has 2 aromatic heterocycles. The van der Waals surface area contributed by atoms with E-state index in [-0.39, 0.29) is 30.4 Å². The van der Waals surface area contributed by atoms with E-state index in [1.54, 1.807) is 23.6 Å². The number of hydrogen-bond acceptors (Lipinski definition) is 5. The second-order valence-corrected chi connectivity index (χ2v) is 7.88. The Bertz CT molecular complexity index is 1150. The van der Waals surface area contributed by atoms with Gasteiger partial charge in [0, 0.05) is 25.1 Å². The third kappa shape index (κ3) is 5.29. The Balaban J connectivity index is 1.81. The van der Waals surface area contributed by atoms with Crippen LogP contribution in [0.3, 0.4) is 0 Å². The highest BCUT2D eigenvalue weighted by molar-refractivity contribution is 5.96. The molecule has 32 heavy (non-hydrogen) atoms. The summed E-state index contributed by atoms with van der Waals surface area (Å²) in [7, 11) is 0. The highest BCUT2D eigenvalue weighted by Gasteiger charge is 2.20. The number of ether oxygens (including phenoxy) is 1. The molecule has 0 aliphatic heterocycles. The Morgan fingerprint density at radius 1 is 1.28 bits per heavy atom. The van der Waals surface area contributed by atoms with E-state index in [0.717, 1.165) is 5.56 Å². The molecule has 0 spiro atoms. The standard InChI is InChI=1S/C24H26F2N4O2/c1-15-12-22(32-14-18-19(25)7-5-8-20(18)26)24-29-16(2)23(30(24)13-15)21(31)10-9-17(28)6-3-4-11-27/h5,7-8,12-13,17H,3-4,6,9-10,14,28H2,1-2H3. The lowest BCUT2D eigenvalue weighted by atomic mass is 10.0. The zero-order valence-electron chi connectivity index (χ0n) is 18.2. The summed E-state index contributed by atoms with van der Waals surface area (Å²) in [6.45, 7) is 3.28. The average molecular weight is 440 g/mol. The van der Waals surface area contributed by atoms with Crippen molar-refractivity contribution in [2.45, 2.75) is 58.6 Å². The summed E-state index contributed by atoms with van der Waals surface area (Å²) in [6, 6.07) is 7.31. The van der Waals surface area contributed by atoms with Gasteiger partial charge in [0.05, 0.1) is 17.3 Å². The first kappa shape index (κ1) is 23.4. The SMILES string of the molecule is Cc1cc(OCc2c(F)cccc2F)c2nc(C)c(C(=O)CCC(N)CCCC#N)n2c1. The summed E-state index contributed by atoms with van der Waals surface area (Å²) < 4.78 is 35.3. The molecule has 3 aromatic rings. The number of nitrogens with two attached hydrogens (primary N) is 1. The Labute approximate surface area is 185 Å². The molecule has 1 aromatic carbocycles. The topological polar surface area (TPSA) is 93.4 Å². The number of aryl methyl sites for hydroxylation is 2. The maximum atomic E-state index is 14.0. The fraction of sp³-hybridized carbons (Fsp3) is 0.375. The van der Waals surface area contributed by atoms with Gasteiger partial charge in [0.1, 0.15) is 23.9 Å². The lowest BCUT2D eigenvalue weighted by Gasteiger charge is -2.12. The molecule has 1 unspecified atom stereocenters. The van der Waals surface area contributed by atoms with Crippen LogP contribution < -0.4 is 10.5 Å². The summed E-state index contributed by atoms with van der Waals surface area (Å²) in [5, 5.41) is 8.63. The molecule has 168 valence electrons. The molecular weight excluding hydrogens is 414 g/mol. The number of nitrogens with zero attached hydrogens (tertiary/aromatic N) is 3. The Morgan fingerprint density at radius 3 is 2.69 bits per heavy atom. The predicted octanol–water partition coefficient (Wildman–Crippen LogP) is 4.79. The number of hydrogen-bond donors (Lipinski definition) is 1. The lowest BCUT2D eigenvalue weighted by molar-refractivity contribution is 0.0970. The maximum Gasteiger partial charge on any atom is 0.181 e. The number of carbonyl (C=O) groups excluding carboxylic acids is 1. The quantitative estimate of drug-likeness (QED) is 0.361. The summed E-state index contributed by atoms with van der Waals surface area (Å²) >= 11 is 0. The Morgan fingerprint density at radius 2 is 2.00 bits per heavy atom. The number of fused-ring (bicyclic) bond motifs is 1. The predicted molar refractivity (Wildman–Crippen MR) is 116 cm³/mol. The highest BCUT2D eigenvalue weighted by atomic mass is 19.1. The third-order valence-electron chi connectivity index (χ3n) is 5.30. The van der Waals surface area contributed by atoms with Gasteiger partial charge in [-0.1, -0.05) is 6.07 Å². The average Bonchev–Trinajstić information content (AvgIpc) is 3.07. The molecule has 1 atom stereocenters. The molecule has 0 amide bonds. The van der Waals surface area contributed by atoms with Crippen molar-refractivity contribution in [1.82, 2.24) is 9.38 Å². The molecule has 2 heterocycles. The van der Waals surface area contributed by atoms with E-state index in [4.69, 9.17) is 15.7 Å². The minimum absolute atomic E-state index is 0.0950. The number of nitriles is 1. The van der Waals surface area contributed by atoms with Crippen molar-refractivity contribution >= 4 is 11.4 Å². The zero-order valence-corrected chi connectivity index (χ0v) is 18.2. The first-order valence-corrected chi connectivity index (χ1v) is 10.5. The van der Waals surface area contributed by atoms with Crippen molar-refractivity contribution in [2.24, 2.45) is 5.73 Å². The molecule has 0 fully saturated rings. The summed E-state index contributed by atoms with van der Waals surface area (Å²) in [4.78, 5) is 17.4. The van der Waals surface area contributed by atoms with Crippen LogP contribution in [-0.4, -0.2) is 21.2 Å². The molecule has 0 aliphatic rings. The molecule has 0 saturated carbocycles. The van der Waals surface area contributed by atoms with Crippen LogP contribution in [0.15, 0.2) is 30.5 Å². The monoisotopic (exact) mass is 440 g/mol. The molecular formula is C24H26F2N4O2. The molecule has 0 radical (unpaired) electrons. The van der Waals surface area contributed by atoms with Crippen LogP contribution in [-0.2, 0) is 6.61 Å². The van der Waals surface area contributed by atoms with Crippen LogP contribution in [0.2, 0.25) is 0 Å². The number of ketones is 1. The summed E-state index contributed by atoms with van der Waals surface area (Å²) in [6.07, 6.45) is 4.41. The minimum Gasteiger partial charge on any atom is -0.485 e. The van der Waals surface area contributed by atoms with Crippen LogP contribution in [0.4, 0.5) is 8.78 Å². The van der Waals surface area contributed by atoms with E-state index in [1.165, 1.54) is 18.2 Å². The van der Waals surface area contributed by atoms with E-state index < -0.39 is 11.6 Å². The molecule has 0 saturated heterocycles. The minimum atomic E-state index is -0.685. The van der Waals surface area contributed by atoms with Crippen LogP contribution in [0.25, 0.3) is 5.65 Å². The normalized spacial score (nSPS) is 12.0. The van der Waals surface area contributed by atoms with Gasteiger partial charge in [-0.25, -0.2) is 13.8 Å². The van der Waals surface area contributed by atoms with Crippen LogP contribution in [0, 0.1) is 36.8 Å². The largest absolute Gasteiger partial charge is 0.485 e. The number of halogens is 2. The van der Waals surface area contributed by atoms with E-state index in [1.807, 2.05) is 6.92 Å². The van der Waals surface area contributed by atoms with Crippen LogP contribution >= 0.6 is 0 Å². The van der Waals surface area contributed by atoms with Gasteiger partial charge in [-0.2, -0.15) is 5.26 Å². The number of benzene rings is 1. The number of unbranched alkanes of at least 4 members (excludes halogenated alkanes) is 1. The van der Waals surface area contributed by atoms with E-state index in [2.05, 4.69) is 11.1 Å². The number of rotatable bonds is 10. The highest BCUT2D eigenvalue weighted by Crippen LogP contribution is 2.26. The second kappa shape index (κ2) is 10.3. The fourth-order valence-corrected chi connectivity index (χ4v) is 3.64. The number of carbonyl (C=O) groups is 1. The van der Waals surface area contributed by atoms with Gasteiger partial charge in [0.2, 0.25) is 0 Å². The molecule has 0 aliphatic carbocycles. The van der Waals surface area contributed by atoms with Crippen molar-refractivity contribution < 1.29 is 18.3 Å². The maximum absolute atomic E-state index is 14.0. The molecule has 8 heteroatoms. The van der Waals surface area contributed by atoms with Gasteiger partial charge in [-0.05, 0) is 56.9 Å². The van der Waals surface area contributed by atoms with Crippen LogP contribution in [0.5, 0.6) is 5.75 Å². The smallest absolute Gasteiger partial charge is 0.181 e. The van der Waals surface area contributed by atoms with Crippen LogP contribution in [0.1, 0.15) is 59.4 Å². The van der Waals surface area contributed by atoms with E-state index >= 15 is 0 Å². The lowest BCUT2D eigenvalue weighted by Crippen LogP contribution is -2.21. The van der Waals surface area contributed by atoms with Crippen molar-refractivity contribution in [3.63, 3.8) is 0 Å². The van der Waals surface area contributed by atoms with Gasteiger partial charge in [0.15, 0.2) is 17.2 Å². The van der Waals surface area contributed by atoms with Gasteiger partial charge < -0.3 is 10.5 Å². The molecule has 2 N–H and O–H groups in total. The number of Topliss-reactive ketones (excluding diaryl/α,β-unsaturated/α-hetero) is 1. The van der Waals surface area contributed by atoms with Gasteiger partial charge in [0.25, 0.3) is 0 Å². The van der Waals surface area contributed by atoms with Crippen molar-refractivity contribution in [1.29, 1.82) is 5.26 Å². The van der Waals surface area contributed by atoms with Gasteiger partial charge >= 0.3 is 0 Å². The first-order valence-electron chi connectivity index (χ1n) is 10.5. The molecule has 0 bridgehead atoms. The summed E-state index contributed by atoms with van der Waals surface area (Å²) in [5.41, 5.74) is 8.10. The number of pyridine rings is 1. The van der Waals surface area contributed by atoms with E-state index in [9.17, 15) is 13.6 Å². The van der Waals surface area contributed by atoms with E-state index in [0.29, 0.717) is 48.5 Å². The second-order valence-electron chi connectivity index (χ2n) is 7.88. The number of imidazole rings is 1. The Kier molecular flexibility index (Phi) is 7.54. The van der Waals surface area contributed by atoms with Gasteiger partial charge in [-0.3, -0.25) is 9.20 Å². The molecule has 3 rings (SSSR count). The summed E-state index contributed by atoms with van der Waals surface area (Å²) in [5.74, 6) is -1.13. The first-order chi connectivity index (χ1) is 15.3. The van der Waals surface area contributed by atoms with Gasteiger partial charge in [-0.15, -0.1) is 0 Å². The zero-order chi connectivity index (χ0) is 23.3. The van der Waals surface area contributed by atoms with Crippen molar-refractivity contribution in [3.8, 4) is 11.8 Å². The fourth-order valence-electron chi connectivity index (χ4n) is 3.64. The van der Waals surface area contributed by atoms with Crippen molar-refractivity contribution in [3.05, 3.63) is 64.6 Å². The Hall–Kier alpha value is -3.31. The number of aromatic nitrogens is 2. The van der Waals surface area contributed by atoms with Crippen molar-refractivity contribution in [2.75, 3.05) is 0 Å².